The van der Waals surface area contributed by atoms with Crippen LogP contribution in [0.15, 0.2) is 45.8 Å². The average molecular weight is 782 g/mol. The van der Waals surface area contributed by atoms with Gasteiger partial charge in [-0.1, -0.05) is 17.3 Å². The van der Waals surface area contributed by atoms with Crippen LogP contribution in [0.5, 0.6) is 5.75 Å². The number of piperidine rings is 2. The average Bonchev–Trinajstić information content (AvgIpc) is 3.51. The van der Waals surface area contributed by atoms with Crippen molar-refractivity contribution in [2.24, 2.45) is 5.92 Å². The van der Waals surface area contributed by atoms with Crippen LogP contribution in [0.25, 0.3) is 11.4 Å². The summed E-state index contributed by atoms with van der Waals surface area (Å²) in [4.78, 5) is 47.6. The number of nitrogens with one attached hydrogen (secondary N) is 1. The summed E-state index contributed by atoms with van der Waals surface area (Å²) >= 11 is 1.10. The first-order chi connectivity index (χ1) is 25.1. The number of halogens is 5. The lowest BCUT2D eigenvalue weighted by Gasteiger charge is -2.53. The third-order valence-corrected chi connectivity index (χ3v) is 10.0. The Kier molecular flexibility index (Phi) is 10.3. The van der Waals surface area contributed by atoms with Crippen molar-refractivity contribution in [1.82, 2.24) is 20.4 Å². The van der Waals surface area contributed by atoms with Gasteiger partial charge in [0.1, 0.15) is 28.8 Å². The van der Waals surface area contributed by atoms with Crippen LogP contribution in [0.2, 0.25) is 0 Å². The van der Waals surface area contributed by atoms with E-state index < -0.39 is 64.9 Å². The molecule has 4 heterocycles. The van der Waals surface area contributed by atoms with E-state index in [0.717, 1.165) is 23.9 Å². The summed E-state index contributed by atoms with van der Waals surface area (Å²) in [5.41, 5.74) is -1.69. The molecule has 1 aliphatic carbocycles. The zero-order chi connectivity index (χ0) is 39.4. The number of amides is 3. The first-order valence-electron chi connectivity index (χ1n) is 17.1. The molecule has 3 aliphatic heterocycles. The Morgan fingerprint density at radius 2 is 1.72 bits per heavy atom. The highest BCUT2D eigenvalue weighted by Crippen LogP contribution is 2.52. The third-order valence-electron chi connectivity index (χ3n) is 8.88. The Hall–Kier alpha value is -4.61. The van der Waals surface area contributed by atoms with Gasteiger partial charge in [0.05, 0.1) is 23.2 Å². The monoisotopic (exact) mass is 781 g/mol. The first kappa shape index (κ1) is 39.1. The van der Waals surface area contributed by atoms with Crippen molar-refractivity contribution < 1.29 is 55.1 Å². The second-order valence-electron chi connectivity index (χ2n) is 15.7. The normalized spacial score (nSPS) is 21.6. The number of hydrogen-bond donors (Lipinski definition) is 1. The molecule has 292 valence electrons. The molecule has 4 aliphatic rings. The highest BCUT2D eigenvalue weighted by atomic mass is 32.2. The standard InChI is InChI=1S/C36H40F5N5O7S/c1-33(2,3)51-31(48)42-24-17-54-26-12-23(37)22(11-25(26)46(28(24)47)16-19-7-9-21(10-8-19)50-36(40,41)29(38)39)27-43-30(53-44-27)35-13-20(14-35)15-45(18-35)32(49)52-34(4,5)6/h7-12,20,24,29H,13-18H2,1-6H3,(H,42,48)/t20?,24-,35?/m0/s1. The van der Waals surface area contributed by atoms with E-state index in [1.165, 1.54) is 29.2 Å². The minimum atomic E-state index is -4.72. The molecule has 3 aromatic rings. The quantitative estimate of drug-likeness (QED) is 0.228. The maximum atomic E-state index is 15.9. The number of alkyl halides is 4. The zero-order valence-electron chi connectivity index (χ0n) is 30.4. The predicted octanol–water partition coefficient (Wildman–Crippen LogP) is 7.54. The summed E-state index contributed by atoms with van der Waals surface area (Å²) < 4.78 is 89.1. The second-order valence-corrected chi connectivity index (χ2v) is 16.7. The Morgan fingerprint density at radius 3 is 2.35 bits per heavy atom. The lowest BCUT2D eigenvalue weighted by atomic mass is 9.58. The van der Waals surface area contributed by atoms with Gasteiger partial charge < -0.3 is 33.9 Å². The second kappa shape index (κ2) is 14.2. The molecule has 2 bridgehead atoms. The van der Waals surface area contributed by atoms with E-state index in [9.17, 15) is 31.9 Å². The number of carbonyl (C=O) groups excluding carboxylic acids is 3. The van der Waals surface area contributed by atoms with Gasteiger partial charge >= 0.3 is 24.7 Å². The van der Waals surface area contributed by atoms with Crippen molar-refractivity contribution in [3.63, 3.8) is 0 Å². The maximum absolute atomic E-state index is 15.9. The van der Waals surface area contributed by atoms with E-state index in [4.69, 9.17) is 14.0 Å². The fraction of sp³-hybridized carbons (Fsp3) is 0.528. The van der Waals surface area contributed by atoms with Crippen molar-refractivity contribution >= 4 is 35.5 Å². The topological polar surface area (TPSA) is 136 Å². The molecule has 1 N–H and O–H groups in total. The van der Waals surface area contributed by atoms with Gasteiger partial charge in [0.15, 0.2) is 0 Å². The number of thioether (sulfide) groups is 1. The molecule has 2 saturated heterocycles. The number of ether oxygens (including phenoxy) is 3. The van der Waals surface area contributed by atoms with Gasteiger partial charge in [-0.25, -0.2) is 14.0 Å². The van der Waals surface area contributed by atoms with E-state index in [-0.39, 0.29) is 47.7 Å². The van der Waals surface area contributed by atoms with Gasteiger partial charge in [-0.2, -0.15) is 22.5 Å². The highest BCUT2D eigenvalue weighted by Gasteiger charge is 2.56. The summed E-state index contributed by atoms with van der Waals surface area (Å²) in [5.74, 6) is -1.51. The molecule has 3 amide bonds. The molecular weight excluding hydrogens is 741 g/mol. The molecule has 1 atom stereocenters. The fourth-order valence-corrected chi connectivity index (χ4v) is 7.73. The SMILES string of the molecule is CC(C)(C)OC(=O)N[C@H]1CSc2cc(F)c(-c3noc(C45CC(CN(C(=O)OC(C)(C)C)C4)C5)n3)cc2N(Cc2ccc(OC(F)(F)C(F)F)cc2)C1=O. The number of hydrogen-bond acceptors (Lipinski definition) is 10. The lowest BCUT2D eigenvalue weighted by Crippen LogP contribution is -2.61. The van der Waals surface area contributed by atoms with E-state index in [1.807, 2.05) is 0 Å². The number of benzene rings is 2. The van der Waals surface area contributed by atoms with Crippen molar-refractivity contribution in [3.8, 4) is 17.1 Å². The minimum absolute atomic E-state index is 0.0000446. The van der Waals surface area contributed by atoms with Gasteiger partial charge in [0, 0.05) is 23.7 Å². The first-order valence-corrected chi connectivity index (χ1v) is 18.1. The molecule has 54 heavy (non-hydrogen) atoms. The number of nitrogens with zero attached hydrogens (tertiary/aromatic N) is 4. The lowest BCUT2D eigenvalue weighted by molar-refractivity contribution is -0.253. The van der Waals surface area contributed by atoms with Crippen molar-refractivity contribution in [2.75, 3.05) is 23.7 Å². The van der Waals surface area contributed by atoms with Crippen LogP contribution in [-0.2, 0) is 26.2 Å². The van der Waals surface area contributed by atoms with Crippen LogP contribution in [0, 0.1) is 11.7 Å². The van der Waals surface area contributed by atoms with Crippen LogP contribution in [0.4, 0.5) is 37.2 Å². The van der Waals surface area contributed by atoms with Crippen molar-refractivity contribution in [1.29, 1.82) is 0 Å². The van der Waals surface area contributed by atoms with E-state index in [0.29, 0.717) is 29.8 Å². The Morgan fingerprint density at radius 1 is 1.06 bits per heavy atom. The summed E-state index contributed by atoms with van der Waals surface area (Å²) in [5, 5.41) is 6.66. The minimum Gasteiger partial charge on any atom is -0.444 e. The van der Waals surface area contributed by atoms with Gasteiger partial charge in [-0.3, -0.25) is 4.79 Å². The smallest absolute Gasteiger partial charge is 0.444 e. The number of aromatic nitrogens is 2. The highest BCUT2D eigenvalue weighted by molar-refractivity contribution is 7.99. The van der Waals surface area contributed by atoms with Crippen molar-refractivity contribution in [3.05, 3.63) is 53.7 Å². The van der Waals surface area contributed by atoms with Gasteiger partial charge in [0.25, 0.3) is 5.91 Å². The van der Waals surface area contributed by atoms with Crippen LogP contribution in [0.3, 0.4) is 0 Å². The van der Waals surface area contributed by atoms with E-state index in [1.54, 1.807) is 46.4 Å². The molecule has 7 rings (SSSR count). The summed E-state index contributed by atoms with van der Waals surface area (Å²) in [7, 11) is 0. The van der Waals surface area contributed by atoms with Crippen LogP contribution in [-0.4, -0.2) is 81.8 Å². The molecule has 0 unspecified atom stereocenters. The number of fused-ring (bicyclic) bond motifs is 3. The fourth-order valence-electron chi connectivity index (χ4n) is 6.66. The van der Waals surface area contributed by atoms with Gasteiger partial charge in [0.2, 0.25) is 11.7 Å². The Bertz CT molecular complexity index is 1910. The number of anilines is 1. The molecular formula is C36H40F5N5O7S. The molecule has 12 nitrogen and oxygen atoms in total. The molecule has 18 heteroatoms. The Labute approximate surface area is 312 Å². The predicted molar refractivity (Wildman–Crippen MR) is 185 cm³/mol. The van der Waals surface area contributed by atoms with Crippen LogP contribution >= 0.6 is 11.8 Å². The van der Waals surface area contributed by atoms with Gasteiger partial charge in [-0.15, -0.1) is 11.8 Å². The van der Waals surface area contributed by atoms with E-state index in [2.05, 4.69) is 20.2 Å². The summed E-state index contributed by atoms with van der Waals surface area (Å²) in [6.45, 7) is 10.9. The number of alkyl carbamates (subject to hydrolysis) is 1. The molecule has 0 radical (unpaired) electrons. The molecule has 1 saturated carbocycles. The van der Waals surface area contributed by atoms with Crippen molar-refractivity contribution in [2.45, 2.75) is 101 Å². The zero-order valence-corrected chi connectivity index (χ0v) is 31.2. The summed E-state index contributed by atoms with van der Waals surface area (Å²) in [6, 6.07) is 6.18. The Balaban J connectivity index is 1.30. The molecule has 2 aromatic carbocycles. The number of rotatable bonds is 8. The van der Waals surface area contributed by atoms with Crippen LogP contribution < -0.4 is 15.0 Å². The number of carbonyl (C=O) groups is 3. The molecule has 1 aromatic heterocycles. The molecule has 3 fully saturated rings. The van der Waals surface area contributed by atoms with Crippen LogP contribution in [0.1, 0.15) is 65.8 Å². The third kappa shape index (κ3) is 8.52. The largest absolute Gasteiger partial charge is 0.461 e. The summed E-state index contributed by atoms with van der Waals surface area (Å²) in [6.07, 6.45) is -8.71. The van der Waals surface area contributed by atoms with Gasteiger partial charge in [-0.05, 0) is 90.1 Å². The maximum Gasteiger partial charge on any atom is 0.461 e. The van der Waals surface area contributed by atoms with E-state index >= 15 is 4.39 Å². The molecule has 0 spiro atoms.